The van der Waals surface area contributed by atoms with Crippen molar-refractivity contribution in [3.05, 3.63) is 95.2 Å². The monoisotopic (exact) mass is 399 g/mol. The van der Waals surface area contributed by atoms with Crippen LogP contribution in [0.25, 0.3) is 10.8 Å². The summed E-state index contributed by atoms with van der Waals surface area (Å²) in [6.07, 6.45) is 2.81. The molecule has 0 saturated carbocycles. The molecule has 2 N–H and O–H groups in total. The fraction of sp³-hybridized carbons (Fsp3) is 0.231. The first kappa shape index (κ1) is 19.9. The fourth-order valence-corrected chi connectivity index (χ4v) is 4.19. The molecule has 0 aliphatic heterocycles. The van der Waals surface area contributed by atoms with E-state index >= 15 is 0 Å². The van der Waals surface area contributed by atoms with Crippen LogP contribution in [0.5, 0.6) is 0 Å². The van der Waals surface area contributed by atoms with Gasteiger partial charge in [0.05, 0.1) is 5.57 Å². The molecule has 0 bridgehead atoms. The first-order chi connectivity index (χ1) is 14.6. The number of fused-ring (bicyclic) bond motifs is 1. The highest BCUT2D eigenvalue weighted by atomic mass is 16.4. The zero-order chi connectivity index (χ0) is 20.9. The lowest BCUT2D eigenvalue weighted by molar-refractivity contribution is -0.133. The van der Waals surface area contributed by atoms with Gasteiger partial charge in [0, 0.05) is 12.1 Å². The molecule has 30 heavy (non-hydrogen) atoms. The number of rotatable bonds is 6. The normalized spacial score (nSPS) is 16.5. The molecule has 3 aromatic carbocycles. The second-order valence-electron chi connectivity index (χ2n) is 7.84. The lowest BCUT2D eigenvalue weighted by Crippen LogP contribution is -2.29. The molecule has 1 unspecified atom stereocenters. The molecular weight excluding hydrogens is 374 g/mol. The van der Waals surface area contributed by atoms with Crippen LogP contribution >= 0.6 is 0 Å². The van der Waals surface area contributed by atoms with Crippen LogP contribution < -0.4 is 5.32 Å². The van der Waals surface area contributed by atoms with Crippen molar-refractivity contribution < 1.29 is 14.7 Å². The van der Waals surface area contributed by atoms with Crippen molar-refractivity contribution in [2.75, 3.05) is 0 Å². The van der Waals surface area contributed by atoms with E-state index in [1.54, 1.807) is 0 Å². The Bertz CT molecular complexity index is 1100. The molecule has 1 aliphatic rings. The molecule has 0 saturated heterocycles. The molecule has 3 aromatic rings. The summed E-state index contributed by atoms with van der Waals surface area (Å²) in [5, 5.41) is 14.9. The van der Waals surface area contributed by atoms with Gasteiger partial charge in [0.15, 0.2) is 0 Å². The van der Waals surface area contributed by atoms with Gasteiger partial charge >= 0.3 is 5.97 Å². The summed E-state index contributed by atoms with van der Waals surface area (Å²) in [7, 11) is 0. The van der Waals surface area contributed by atoms with Gasteiger partial charge in [0.1, 0.15) is 0 Å². The molecule has 4 heteroatoms. The largest absolute Gasteiger partial charge is 0.478 e. The van der Waals surface area contributed by atoms with Crippen molar-refractivity contribution in [2.24, 2.45) is 0 Å². The van der Waals surface area contributed by atoms with Crippen LogP contribution in [-0.4, -0.2) is 17.0 Å². The van der Waals surface area contributed by atoms with Crippen molar-refractivity contribution in [3.8, 4) is 0 Å². The third-order valence-electron chi connectivity index (χ3n) is 5.83. The zero-order valence-corrected chi connectivity index (χ0v) is 16.8. The average molecular weight is 399 g/mol. The molecule has 4 rings (SSSR count). The van der Waals surface area contributed by atoms with Gasteiger partial charge in [-0.05, 0) is 53.5 Å². The van der Waals surface area contributed by atoms with E-state index in [4.69, 9.17) is 0 Å². The smallest absolute Gasteiger partial charge is 0.333 e. The van der Waals surface area contributed by atoms with Crippen molar-refractivity contribution >= 4 is 22.6 Å². The summed E-state index contributed by atoms with van der Waals surface area (Å²) >= 11 is 0. The van der Waals surface area contributed by atoms with Crippen molar-refractivity contribution in [1.29, 1.82) is 0 Å². The second-order valence-corrected chi connectivity index (χ2v) is 7.84. The molecule has 0 fully saturated rings. The number of aliphatic carboxylic acids is 1. The molecule has 0 radical (unpaired) electrons. The number of aryl methyl sites for hydroxylation is 1. The van der Waals surface area contributed by atoms with Crippen molar-refractivity contribution in [3.63, 3.8) is 0 Å². The van der Waals surface area contributed by atoms with E-state index in [-0.39, 0.29) is 11.8 Å². The van der Waals surface area contributed by atoms with Gasteiger partial charge in [-0.2, -0.15) is 0 Å². The Balaban J connectivity index is 1.41. The second kappa shape index (κ2) is 8.95. The first-order valence-electron chi connectivity index (χ1n) is 10.4. The van der Waals surface area contributed by atoms with Gasteiger partial charge in [0.2, 0.25) is 5.91 Å². The van der Waals surface area contributed by atoms with Crippen LogP contribution in [0, 0.1) is 0 Å². The van der Waals surface area contributed by atoms with Crippen LogP contribution in [-0.2, 0) is 16.0 Å². The molecule has 0 heterocycles. The quantitative estimate of drug-likeness (QED) is 0.599. The Kier molecular flexibility index (Phi) is 5.94. The minimum Gasteiger partial charge on any atom is -0.478 e. The predicted octanol–water partition coefficient (Wildman–Crippen LogP) is 5.20. The van der Waals surface area contributed by atoms with Gasteiger partial charge < -0.3 is 10.4 Å². The van der Waals surface area contributed by atoms with Crippen LogP contribution in [0.4, 0.5) is 0 Å². The van der Waals surface area contributed by atoms with Crippen LogP contribution in [0.3, 0.4) is 0 Å². The third kappa shape index (κ3) is 4.60. The molecule has 1 atom stereocenters. The number of carbonyl (C=O) groups is 2. The van der Waals surface area contributed by atoms with Gasteiger partial charge in [0.25, 0.3) is 0 Å². The number of carbonyl (C=O) groups excluding carboxylic acids is 1. The molecular formula is C26H25NO3. The van der Waals surface area contributed by atoms with E-state index in [9.17, 15) is 14.7 Å². The summed E-state index contributed by atoms with van der Waals surface area (Å²) < 4.78 is 0. The number of hydrogen-bond acceptors (Lipinski definition) is 2. The third-order valence-corrected chi connectivity index (χ3v) is 5.83. The molecule has 1 amide bonds. The maximum Gasteiger partial charge on any atom is 0.333 e. The summed E-state index contributed by atoms with van der Waals surface area (Å²) in [6.45, 7) is 0. The number of allylic oxidation sites excluding steroid dienone is 1. The van der Waals surface area contributed by atoms with Crippen LogP contribution in [0.2, 0.25) is 0 Å². The number of benzene rings is 3. The summed E-state index contributed by atoms with van der Waals surface area (Å²) in [6, 6.07) is 24.4. The standard InChI is InChI=1S/C26H25NO3/c28-25(15-11-18-10-12-20-8-4-5-9-21(20)16-18)27-24-14-13-22(17-23(24)26(29)30)19-6-2-1-3-7-19/h1-10,12,16,22H,11,13-15,17H2,(H,27,28)(H,29,30). The highest BCUT2D eigenvalue weighted by molar-refractivity contribution is 5.90. The van der Waals surface area contributed by atoms with Crippen LogP contribution in [0.1, 0.15) is 42.7 Å². The number of amides is 1. The summed E-state index contributed by atoms with van der Waals surface area (Å²) in [5.41, 5.74) is 3.15. The zero-order valence-electron chi connectivity index (χ0n) is 16.8. The maximum absolute atomic E-state index is 12.5. The molecule has 4 nitrogen and oxygen atoms in total. The Morgan fingerprint density at radius 3 is 2.43 bits per heavy atom. The number of nitrogens with one attached hydrogen (secondary N) is 1. The van der Waals surface area contributed by atoms with E-state index in [0.29, 0.717) is 37.0 Å². The highest BCUT2D eigenvalue weighted by Crippen LogP contribution is 2.35. The number of hydrogen-bond donors (Lipinski definition) is 2. The first-order valence-corrected chi connectivity index (χ1v) is 10.4. The SMILES string of the molecule is O=C(CCc1ccc2ccccc2c1)NC1=C(C(=O)O)CC(c2ccccc2)CC1. The lowest BCUT2D eigenvalue weighted by Gasteiger charge is -2.26. The highest BCUT2D eigenvalue weighted by Gasteiger charge is 2.27. The Morgan fingerprint density at radius 2 is 1.67 bits per heavy atom. The molecule has 0 spiro atoms. The average Bonchev–Trinajstić information content (AvgIpc) is 2.78. The van der Waals surface area contributed by atoms with E-state index in [2.05, 4.69) is 29.6 Å². The van der Waals surface area contributed by atoms with Crippen LogP contribution in [0.15, 0.2) is 84.1 Å². The van der Waals surface area contributed by atoms with E-state index in [1.165, 1.54) is 5.39 Å². The summed E-state index contributed by atoms with van der Waals surface area (Å²) in [4.78, 5) is 24.3. The Labute approximate surface area is 176 Å². The number of carboxylic acids is 1. The van der Waals surface area contributed by atoms with E-state index in [0.717, 1.165) is 22.9 Å². The van der Waals surface area contributed by atoms with Crippen molar-refractivity contribution in [2.45, 2.75) is 38.0 Å². The molecule has 1 aliphatic carbocycles. The minimum atomic E-state index is -0.944. The minimum absolute atomic E-state index is 0.130. The maximum atomic E-state index is 12.5. The lowest BCUT2D eigenvalue weighted by atomic mass is 9.82. The van der Waals surface area contributed by atoms with Gasteiger partial charge in [-0.15, -0.1) is 0 Å². The van der Waals surface area contributed by atoms with Crippen molar-refractivity contribution in [1.82, 2.24) is 5.32 Å². The van der Waals surface area contributed by atoms with E-state index < -0.39 is 5.97 Å². The number of carboxylic acid groups (broad SMARTS) is 1. The Hall–Kier alpha value is -3.40. The van der Waals surface area contributed by atoms with Gasteiger partial charge in [-0.25, -0.2) is 4.79 Å². The van der Waals surface area contributed by atoms with Gasteiger partial charge in [-0.3, -0.25) is 4.79 Å². The summed E-state index contributed by atoms with van der Waals surface area (Å²) in [5.74, 6) is -0.897. The Morgan fingerprint density at radius 1 is 0.933 bits per heavy atom. The molecule has 0 aromatic heterocycles. The fourth-order valence-electron chi connectivity index (χ4n) is 4.19. The van der Waals surface area contributed by atoms with Gasteiger partial charge in [-0.1, -0.05) is 72.8 Å². The van der Waals surface area contributed by atoms with E-state index in [1.807, 2.05) is 48.5 Å². The topological polar surface area (TPSA) is 66.4 Å². The predicted molar refractivity (Wildman–Crippen MR) is 118 cm³/mol. The molecule has 152 valence electrons.